The van der Waals surface area contributed by atoms with Crippen molar-refractivity contribution in [3.63, 3.8) is 0 Å². The molecule has 8 heteroatoms. The van der Waals surface area contributed by atoms with Gasteiger partial charge in [-0.2, -0.15) is 0 Å². The highest BCUT2D eigenvalue weighted by Crippen LogP contribution is 2.30. The summed E-state index contributed by atoms with van der Waals surface area (Å²) in [7, 11) is 0. The molecule has 3 aromatic heterocycles. The molecule has 130 valence electrons. The van der Waals surface area contributed by atoms with Gasteiger partial charge in [0, 0.05) is 31.5 Å². The Morgan fingerprint density at radius 2 is 2.24 bits per heavy atom. The fourth-order valence-electron chi connectivity index (χ4n) is 3.35. The van der Waals surface area contributed by atoms with E-state index in [4.69, 9.17) is 0 Å². The number of nitrogens with zero attached hydrogens (tertiary/aromatic N) is 4. The quantitative estimate of drug-likeness (QED) is 0.750. The fraction of sp³-hybridized carbons (Fsp3) is 0.412. The summed E-state index contributed by atoms with van der Waals surface area (Å²) in [6.07, 6.45) is 5.23. The number of aryl methyl sites for hydroxylation is 2. The first kappa shape index (κ1) is 16.0. The zero-order valence-corrected chi connectivity index (χ0v) is 15.1. The Kier molecular flexibility index (Phi) is 4.12. The van der Waals surface area contributed by atoms with Gasteiger partial charge in [-0.15, -0.1) is 11.3 Å². The molecule has 1 fully saturated rings. The van der Waals surface area contributed by atoms with E-state index in [1.165, 1.54) is 5.56 Å². The number of thiophene rings is 1. The van der Waals surface area contributed by atoms with Gasteiger partial charge in [0.1, 0.15) is 16.5 Å². The summed E-state index contributed by atoms with van der Waals surface area (Å²) in [5.41, 5.74) is 1.05. The average molecular weight is 356 g/mol. The third-order valence-corrected chi connectivity index (χ3v) is 5.47. The molecule has 25 heavy (non-hydrogen) atoms. The monoisotopic (exact) mass is 356 g/mol. The van der Waals surface area contributed by atoms with Crippen LogP contribution in [0.4, 0.5) is 11.6 Å². The van der Waals surface area contributed by atoms with Crippen molar-refractivity contribution in [2.24, 2.45) is 0 Å². The Morgan fingerprint density at radius 3 is 3.08 bits per heavy atom. The molecule has 0 radical (unpaired) electrons. The van der Waals surface area contributed by atoms with Gasteiger partial charge >= 0.3 is 0 Å². The zero-order valence-electron chi connectivity index (χ0n) is 14.2. The van der Waals surface area contributed by atoms with Crippen LogP contribution in [0.1, 0.15) is 24.2 Å². The van der Waals surface area contributed by atoms with Crippen molar-refractivity contribution in [2.75, 3.05) is 23.3 Å². The van der Waals surface area contributed by atoms with Crippen LogP contribution < -0.4 is 15.8 Å². The second-order valence-electron chi connectivity index (χ2n) is 6.39. The lowest BCUT2D eigenvalue weighted by molar-refractivity contribution is 0.524. The molecular weight excluding hydrogens is 336 g/mol. The second kappa shape index (κ2) is 6.44. The number of H-pyrrole nitrogens is 1. The lowest BCUT2D eigenvalue weighted by Crippen LogP contribution is -2.44. The minimum atomic E-state index is -0.142. The number of hydrogen-bond donors (Lipinski definition) is 2. The molecule has 0 amide bonds. The van der Waals surface area contributed by atoms with Crippen molar-refractivity contribution in [2.45, 2.75) is 32.7 Å². The van der Waals surface area contributed by atoms with Gasteiger partial charge in [0.2, 0.25) is 0 Å². The van der Waals surface area contributed by atoms with Crippen molar-refractivity contribution in [1.29, 1.82) is 0 Å². The molecule has 0 spiro atoms. The van der Waals surface area contributed by atoms with Crippen LogP contribution in [-0.4, -0.2) is 39.1 Å². The number of aromatic amines is 1. The van der Waals surface area contributed by atoms with E-state index in [0.717, 1.165) is 47.8 Å². The van der Waals surface area contributed by atoms with Crippen LogP contribution in [0, 0.1) is 13.8 Å². The van der Waals surface area contributed by atoms with E-state index in [9.17, 15) is 4.79 Å². The van der Waals surface area contributed by atoms with E-state index in [-0.39, 0.29) is 11.6 Å². The maximum atomic E-state index is 12.0. The van der Waals surface area contributed by atoms with Gasteiger partial charge in [0.25, 0.3) is 5.56 Å². The number of rotatable bonds is 3. The molecule has 3 aromatic rings. The number of aromatic nitrogens is 4. The Hall–Kier alpha value is -2.48. The van der Waals surface area contributed by atoms with Crippen molar-refractivity contribution >= 4 is 33.2 Å². The number of fused-ring (bicyclic) bond motifs is 1. The van der Waals surface area contributed by atoms with E-state index in [2.05, 4.69) is 37.6 Å². The van der Waals surface area contributed by atoms with Crippen LogP contribution in [0.25, 0.3) is 10.2 Å². The molecule has 1 aliphatic heterocycles. The van der Waals surface area contributed by atoms with E-state index in [1.807, 2.05) is 11.8 Å². The van der Waals surface area contributed by atoms with Gasteiger partial charge in [-0.05, 0) is 37.6 Å². The molecule has 0 aromatic carbocycles. The largest absolute Gasteiger partial charge is 0.365 e. The van der Waals surface area contributed by atoms with Gasteiger partial charge < -0.3 is 15.2 Å². The number of nitrogens with one attached hydrogen (secondary N) is 2. The van der Waals surface area contributed by atoms with Crippen LogP contribution in [0.5, 0.6) is 0 Å². The molecule has 0 saturated carbocycles. The van der Waals surface area contributed by atoms with Crippen molar-refractivity contribution in [3.05, 3.63) is 39.5 Å². The van der Waals surface area contributed by atoms with Crippen LogP contribution in [0.15, 0.2) is 22.6 Å². The lowest BCUT2D eigenvalue weighted by atomic mass is 10.1. The summed E-state index contributed by atoms with van der Waals surface area (Å²) in [6.45, 7) is 5.57. The maximum Gasteiger partial charge on any atom is 0.290 e. The third kappa shape index (κ3) is 3.09. The number of anilines is 2. The summed E-state index contributed by atoms with van der Waals surface area (Å²) >= 11 is 1.65. The van der Waals surface area contributed by atoms with Gasteiger partial charge in [-0.1, -0.05) is 0 Å². The number of hydrogen-bond acceptors (Lipinski definition) is 7. The summed E-state index contributed by atoms with van der Waals surface area (Å²) in [6, 6.07) is 0.215. The summed E-state index contributed by atoms with van der Waals surface area (Å²) in [5, 5.41) is 6.80. The minimum absolute atomic E-state index is 0.142. The highest BCUT2D eigenvalue weighted by Gasteiger charge is 2.24. The van der Waals surface area contributed by atoms with Crippen LogP contribution >= 0.6 is 11.3 Å². The normalized spacial score (nSPS) is 17.8. The van der Waals surface area contributed by atoms with Crippen LogP contribution in [-0.2, 0) is 0 Å². The molecule has 4 heterocycles. The first-order valence-electron chi connectivity index (χ1n) is 8.39. The van der Waals surface area contributed by atoms with E-state index >= 15 is 0 Å². The van der Waals surface area contributed by atoms with Gasteiger partial charge in [0.15, 0.2) is 5.82 Å². The summed E-state index contributed by atoms with van der Waals surface area (Å²) in [4.78, 5) is 31.2. The highest BCUT2D eigenvalue weighted by atomic mass is 32.1. The molecule has 1 aliphatic rings. The fourth-order valence-corrected chi connectivity index (χ4v) is 4.31. The Balaban J connectivity index is 1.60. The molecule has 2 N–H and O–H groups in total. The summed E-state index contributed by atoms with van der Waals surface area (Å²) in [5.74, 6) is 2.15. The Labute approximate surface area is 149 Å². The first-order chi connectivity index (χ1) is 12.1. The molecular formula is C17H20N6OS. The topological polar surface area (TPSA) is 86.8 Å². The third-order valence-electron chi connectivity index (χ3n) is 4.48. The highest BCUT2D eigenvalue weighted by molar-refractivity contribution is 7.17. The smallest absolute Gasteiger partial charge is 0.290 e. The van der Waals surface area contributed by atoms with Crippen LogP contribution in [0.3, 0.4) is 0 Å². The molecule has 0 unspecified atom stereocenters. The predicted molar refractivity (Wildman–Crippen MR) is 101 cm³/mol. The van der Waals surface area contributed by atoms with Crippen molar-refractivity contribution in [3.8, 4) is 0 Å². The number of piperidine rings is 1. The molecule has 0 aliphatic carbocycles. The molecule has 7 nitrogen and oxygen atoms in total. The summed E-state index contributed by atoms with van der Waals surface area (Å²) < 4.78 is 0. The Bertz CT molecular complexity index is 965. The van der Waals surface area contributed by atoms with Gasteiger partial charge in [-0.25, -0.2) is 15.0 Å². The SMILES string of the molecule is Cc1nc(N[C@H]2CCCN(c3ncc[nH]c3=O)C2)c2c(C)csc2n1. The van der Waals surface area contributed by atoms with Gasteiger partial charge in [0.05, 0.1) is 5.39 Å². The van der Waals surface area contributed by atoms with E-state index in [0.29, 0.717) is 5.82 Å². The maximum absolute atomic E-state index is 12.0. The second-order valence-corrected chi connectivity index (χ2v) is 7.25. The molecule has 0 bridgehead atoms. The van der Waals surface area contributed by atoms with E-state index < -0.39 is 0 Å². The van der Waals surface area contributed by atoms with Gasteiger partial charge in [-0.3, -0.25) is 4.79 Å². The van der Waals surface area contributed by atoms with Crippen LogP contribution in [0.2, 0.25) is 0 Å². The molecule has 1 atom stereocenters. The minimum Gasteiger partial charge on any atom is -0.365 e. The van der Waals surface area contributed by atoms with E-state index in [1.54, 1.807) is 23.7 Å². The molecule has 1 saturated heterocycles. The predicted octanol–water partition coefficient (Wildman–Crippen LogP) is 2.47. The standard InChI is InChI=1S/C17H20N6OS/c1-10-9-25-17-13(10)14(20-11(2)21-17)22-12-4-3-7-23(8-12)15-16(24)19-6-5-18-15/h5-6,9,12H,3-4,7-8H2,1-2H3,(H,19,24)(H,20,21,22)/t12-/m0/s1. The first-order valence-corrected chi connectivity index (χ1v) is 9.27. The molecule has 4 rings (SSSR count). The zero-order chi connectivity index (χ0) is 17.4. The Morgan fingerprint density at radius 1 is 1.36 bits per heavy atom. The average Bonchev–Trinajstić information content (AvgIpc) is 2.96. The lowest BCUT2D eigenvalue weighted by Gasteiger charge is -2.33. The van der Waals surface area contributed by atoms with Crippen molar-refractivity contribution in [1.82, 2.24) is 19.9 Å². The van der Waals surface area contributed by atoms with Crippen molar-refractivity contribution < 1.29 is 0 Å².